The van der Waals surface area contributed by atoms with Crippen LogP contribution >= 0.6 is 11.8 Å². The van der Waals surface area contributed by atoms with Gasteiger partial charge in [0.05, 0.1) is 5.69 Å². The van der Waals surface area contributed by atoms with Crippen molar-refractivity contribution in [2.75, 3.05) is 18.8 Å². The SMILES string of the molecule is Cc1nc2ccccn2c1C(=O)N1CCS[C@@H](c2ccccc2F)CC1. The first-order chi connectivity index (χ1) is 12.6. The first-order valence-electron chi connectivity index (χ1n) is 8.74. The maximum absolute atomic E-state index is 14.1. The van der Waals surface area contributed by atoms with Gasteiger partial charge < -0.3 is 4.90 Å². The molecule has 3 heterocycles. The second-order valence-electron chi connectivity index (χ2n) is 6.44. The summed E-state index contributed by atoms with van der Waals surface area (Å²) < 4.78 is 16.0. The van der Waals surface area contributed by atoms with Crippen LogP contribution in [0.2, 0.25) is 0 Å². The van der Waals surface area contributed by atoms with Gasteiger partial charge in [0.15, 0.2) is 0 Å². The fourth-order valence-corrected chi connectivity index (χ4v) is 4.73. The van der Waals surface area contributed by atoms with Gasteiger partial charge in [-0.3, -0.25) is 9.20 Å². The van der Waals surface area contributed by atoms with Gasteiger partial charge in [0.2, 0.25) is 0 Å². The van der Waals surface area contributed by atoms with E-state index in [0.29, 0.717) is 18.8 Å². The summed E-state index contributed by atoms with van der Waals surface area (Å²) in [6.07, 6.45) is 2.62. The van der Waals surface area contributed by atoms with Crippen molar-refractivity contribution in [3.8, 4) is 0 Å². The van der Waals surface area contributed by atoms with E-state index < -0.39 is 0 Å². The van der Waals surface area contributed by atoms with Crippen molar-refractivity contribution in [1.29, 1.82) is 0 Å². The summed E-state index contributed by atoms with van der Waals surface area (Å²) in [6, 6.07) is 12.6. The number of aromatic nitrogens is 2. The molecule has 1 aliphatic rings. The van der Waals surface area contributed by atoms with E-state index in [1.807, 2.05) is 52.8 Å². The summed E-state index contributed by atoms with van der Waals surface area (Å²) in [6.45, 7) is 3.15. The summed E-state index contributed by atoms with van der Waals surface area (Å²) in [5.41, 5.74) is 2.87. The average molecular weight is 369 g/mol. The zero-order valence-electron chi connectivity index (χ0n) is 14.6. The van der Waals surface area contributed by atoms with Gasteiger partial charge in [-0.05, 0) is 31.5 Å². The van der Waals surface area contributed by atoms with Crippen LogP contribution in [-0.4, -0.2) is 39.0 Å². The number of hydrogen-bond acceptors (Lipinski definition) is 3. The summed E-state index contributed by atoms with van der Waals surface area (Å²) in [5, 5.41) is 0.0808. The normalized spacial score (nSPS) is 18.1. The Labute approximate surface area is 156 Å². The molecule has 0 saturated carbocycles. The molecule has 6 heteroatoms. The molecule has 0 N–H and O–H groups in total. The number of pyridine rings is 1. The van der Waals surface area contributed by atoms with Crippen LogP contribution in [0.15, 0.2) is 48.7 Å². The molecule has 1 fully saturated rings. The van der Waals surface area contributed by atoms with Gasteiger partial charge in [-0.1, -0.05) is 24.3 Å². The quantitative estimate of drug-likeness (QED) is 0.682. The Morgan fingerprint density at radius 1 is 1.19 bits per heavy atom. The molecule has 3 aromatic rings. The Morgan fingerprint density at radius 2 is 2.00 bits per heavy atom. The van der Waals surface area contributed by atoms with E-state index in [9.17, 15) is 9.18 Å². The smallest absolute Gasteiger partial charge is 0.272 e. The summed E-state index contributed by atoms with van der Waals surface area (Å²) in [4.78, 5) is 19.5. The van der Waals surface area contributed by atoms with Gasteiger partial charge in [-0.2, -0.15) is 11.8 Å². The maximum Gasteiger partial charge on any atom is 0.272 e. The predicted molar refractivity (Wildman–Crippen MR) is 102 cm³/mol. The van der Waals surface area contributed by atoms with E-state index in [0.717, 1.165) is 29.1 Å². The fraction of sp³-hybridized carbons (Fsp3) is 0.300. The number of carbonyl (C=O) groups is 1. The number of nitrogens with zero attached hydrogens (tertiary/aromatic N) is 3. The second-order valence-corrected chi connectivity index (χ2v) is 7.75. The van der Waals surface area contributed by atoms with Crippen LogP contribution in [0.25, 0.3) is 5.65 Å². The molecule has 134 valence electrons. The number of thioether (sulfide) groups is 1. The van der Waals surface area contributed by atoms with E-state index >= 15 is 0 Å². The molecule has 0 bridgehead atoms. The Kier molecular flexibility index (Phi) is 4.68. The number of amides is 1. The summed E-state index contributed by atoms with van der Waals surface area (Å²) in [7, 11) is 0. The van der Waals surface area contributed by atoms with Crippen molar-refractivity contribution in [3.05, 3.63) is 71.4 Å². The standard InChI is InChI=1S/C20H20FN3OS/c1-14-19(24-10-5-4-8-18(24)22-14)20(25)23-11-9-17(26-13-12-23)15-6-2-3-7-16(15)21/h2-8,10,17H,9,11-13H2,1H3/t17-/m1/s1. The molecule has 1 atom stereocenters. The van der Waals surface area contributed by atoms with Crippen LogP contribution in [0.1, 0.15) is 33.4 Å². The molecule has 0 radical (unpaired) electrons. The minimum absolute atomic E-state index is 0.00372. The Bertz CT molecular complexity index is 955. The molecule has 4 rings (SSSR count). The van der Waals surface area contributed by atoms with Crippen molar-refractivity contribution in [2.24, 2.45) is 0 Å². The van der Waals surface area contributed by atoms with Gasteiger partial charge in [0.25, 0.3) is 5.91 Å². The number of imidazole rings is 1. The van der Waals surface area contributed by atoms with E-state index in [1.54, 1.807) is 17.8 Å². The Hall–Kier alpha value is -2.34. The van der Waals surface area contributed by atoms with Crippen molar-refractivity contribution in [1.82, 2.24) is 14.3 Å². The molecule has 1 aromatic carbocycles. The van der Waals surface area contributed by atoms with Crippen molar-refractivity contribution >= 4 is 23.3 Å². The molecule has 1 aliphatic heterocycles. The highest BCUT2D eigenvalue weighted by atomic mass is 32.2. The number of benzene rings is 1. The lowest BCUT2D eigenvalue weighted by Gasteiger charge is -2.20. The molecule has 0 spiro atoms. The lowest BCUT2D eigenvalue weighted by molar-refractivity contribution is 0.0759. The number of halogens is 1. The van der Waals surface area contributed by atoms with E-state index in [4.69, 9.17) is 0 Å². The largest absolute Gasteiger partial charge is 0.336 e. The molecule has 1 amide bonds. The van der Waals surface area contributed by atoms with Crippen LogP contribution in [0.5, 0.6) is 0 Å². The van der Waals surface area contributed by atoms with Crippen LogP contribution in [-0.2, 0) is 0 Å². The monoisotopic (exact) mass is 369 g/mol. The molecule has 1 saturated heterocycles. The summed E-state index contributed by atoms with van der Waals surface area (Å²) >= 11 is 1.72. The topological polar surface area (TPSA) is 37.6 Å². The first-order valence-corrected chi connectivity index (χ1v) is 9.79. The average Bonchev–Trinajstić information content (AvgIpc) is 2.81. The molecular weight excluding hydrogens is 349 g/mol. The van der Waals surface area contributed by atoms with Crippen molar-refractivity contribution < 1.29 is 9.18 Å². The second kappa shape index (κ2) is 7.11. The number of hydrogen-bond donors (Lipinski definition) is 0. The van der Waals surface area contributed by atoms with E-state index in [2.05, 4.69) is 4.98 Å². The van der Waals surface area contributed by atoms with Crippen LogP contribution in [0.4, 0.5) is 4.39 Å². The number of rotatable bonds is 2. The maximum atomic E-state index is 14.1. The molecular formula is C20H20FN3OS. The van der Waals surface area contributed by atoms with Gasteiger partial charge >= 0.3 is 0 Å². The van der Waals surface area contributed by atoms with E-state index in [1.165, 1.54) is 6.07 Å². The number of carbonyl (C=O) groups excluding carboxylic acids is 1. The number of fused-ring (bicyclic) bond motifs is 1. The van der Waals surface area contributed by atoms with Gasteiger partial charge in [-0.25, -0.2) is 9.37 Å². The zero-order chi connectivity index (χ0) is 18.1. The predicted octanol–water partition coefficient (Wildman–Crippen LogP) is 4.10. The van der Waals surface area contributed by atoms with Crippen LogP contribution in [0.3, 0.4) is 0 Å². The summed E-state index contributed by atoms with van der Waals surface area (Å²) in [5.74, 6) is 0.624. The third-order valence-corrected chi connectivity index (χ3v) is 6.10. The minimum atomic E-state index is -0.164. The third kappa shape index (κ3) is 3.09. The Balaban J connectivity index is 1.56. The highest BCUT2D eigenvalue weighted by Gasteiger charge is 2.27. The highest BCUT2D eigenvalue weighted by Crippen LogP contribution is 2.36. The number of aryl methyl sites for hydroxylation is 1. The Morgan fingerprint density at radius 3 is 2.85 bits per heavy atom. The van der Waals surface area contributed by atoms with E-state index in [-0.39, 0.29) is 17.0 Å². The molecule has 0 unspecified atom stereocenters. The lowest BCUT2D eigenvalue weighted by atomic mass is 10.1. The third-order valence-electron chi connectivity index (χ3n) is 4.79. The van der Waals surface area contributed by atoms with Crippen molar-refractivity contribution in [3.63, 3.8) is 0 Å². The molecule has 0 aliphatic carbocycles. The minimum Gasteiger partial charge on any atom is -0.336 e. The first kappa shape index (κ1) is 17.1. The zero-order valence-corrected chi connectivity index (χ0v) is 15.4. The highest BCUT2D eigenvalue weighted by molar-refractivity contribution is 7.99. The molecule has 4 nitrogen and oxygen atoms in total. The van der Waals surface area contributed by atoms with Crippen LogP contribution in [0, 0.1) is 12.7 Å². The van der Waals surface area contributed by atoms with Crippen molar-refractivity contribution in [2.45, 2.75) is 18.6 Å². The fourth-order valence-electron chi connectivity index (χ4n) is 3.48. The van der Waals surface area contributed by atoms with Gasteiger partial charge in [-0.15, -0.1) is 0 Å². The van der Waals surface area contributed by atoms with Crippen LogP contribution < -0.4 is 0 Å². The molecule has 2 aromatic heterocycles. The molecule has 26 heavy (non-hydrogen) atoms. The van der Waals surface area contributed by atoms with Gasteiger partial charge in [0, 0.05) is 35.9 Å². The lowest BCUT2D eigenvalue weighted by Crippen LogP contribution is -2.34. The van der Waals surface area contributed by atoms with Gasteiger partial charge in [0.1, 0.15) is 17.2 Å².